The average molecular weight is 376 g/mol. The Hall–Kier alpha value is -2.14. The van der Waals surface area contributed by atoms with E-state index in [1.54, 1.807) is 31.2 Å². The number of esters is 1. The summed E-state index contributed by atoms with van der Waals surface area (Å²) < 4.78 is 6.06. The van der Waals surface area contributed by atoms with E-state index in [9.17, 15) is 9.59 Å². The van der Waals surface area contributed by atoms with Gasteiger partial charge in [0.25, 0.3) is 5.91 Å². The molecule has 2 rings (SSSR count). The summed E-state index contributed by atoms with van der Waals surface area (Å²) in [6.07, 6.45) is 0.0621. The van der Waals surface area contributed by atoms with Crippen LogP contribution >= 0.6 is 15.9 Å². The van der Waals surface area contributed by atoms with E-state index in [1.165, 1.54) is 5.56 Å². The van der Waals surface area contributed by atoms with E-state index in [0.29, 0.717) is 11.3 Å². The summed E-state index contributed by atoms with van der Waals surface area (Å²) in [4.78, 5) is 24.1. The van der Waals surface area contributed by atoms with E-state index in [2.05, 4.69) is 28.2 Å². The molecule has 5 heteroatoms. The summed E-state index contributed by atoms with van der Waals surface area (Å²) in [5.74, 6) is -0.888. The smallest absolute Gasteiger partial charge is 0.338 e. The van der Waals surface area contributed by atoms with Crippen molar-refractivity contribution in [1.82, 2.24) is 0 Å². The van der Waals surface area contributed by atoms with Gasteiger partial charge in [0.1, 0.15) is 0 Å². The third kappa shape index (κ3) is 4.93. The quantitative estimate of drug-likeness (QED) is 0.796. The second kappa shape index (κ2) is 7.92. The number of hydrogen-bond donors (Lipinski definition) is 1. The van der Waals surface area contributed by atoms with E-state index in [4.69, 9.17) is 4.74 Å². The van der Waals surface area contributed by atoms with Crippen LogP contribution in [0, 0.1) is 0 Å². The highest BCUT2D eigenvalue weighted by molar-refractivity contribution is 9.10. The molecule has 0 aliphatic heterocycles. The van der Waals surface area contributed by atoms with Gasteiger partial charge in [-0.25, -0.2) is 4.79 Å². The second-order valence-corrected chi connectivity index (χ2v) is 6.01. The van der Waals surface area contributed by atoms with Crippen LogP contribution in [0.1, 0.15) is 29.8 Å². The normalized spacial score (nSPS) is 11.6. The van der Waals surface area contributed by atoms with Gasteiger partial charge in [0.2, 0.25) is 0 Å². The first-order chi connectivity index (χ1) is 11.0. The van der Waals surface area contributed by atoms with Crippen molar-refractivity contribution >= 4 is 33.5 Å². The first-order valence-electron chi connectivity index (χ1n) is 7.36. The van der Waals surface area contributed by atoms with Gasteiger partial charge in [0.05, 0.1) is 5.56 Å². The monoisotopic (exact) mass is 375 g/mol. The van der Waals surface area contributed by atoms with Crippen molar-refractivity contribution in [3.63, 3.8) is 0 Å². The van der Waals surface area contributed by atoms with E-state index < -0.39 is 12.1 Å². The average Bonchev–Trinajstić information content (AvgIpc) is 2.56. The van der Waals surface area contributed by atoms with Gasteiger partial charge in [0, 0.05) is 10.2 Å². The molecule has 0 saturated heterocycles. The third-order valence-electron chi connectivity index (χ3n) is 3.36. The Labute approximate surface area is 144 Å². The Kier molecular flexibility index (Phi) is 5.93. The molecular weight excluding hydrogens is 358 g/mol. The fraction of sp³-hybridized carbons (Fsp3) is 0.222. The minimum absolute atomic E-state index is 0.361. The maximum Gasteiger partial charge on any atom is 0.338 e. The predicted octanol–water partition coefficient (Wildman–Crippen LogP) is 4.20. The Balaban J connectivity index is 1.93. The summed E-state index contributed by atoms with van der Waals surface area (Å²) in [5.41, 5.74) is 2.27. The molecule has 2 aromatic rings. The van der Waals surface area contributed by atoms with Crippen LogP contribution in [-0.4, -0.2) is 18.0 Å². The Morgan fingerprint density at radius 1 is 1.09 bits per heavy atom. The molecular formula is C18H18BrNO3. The first-order valence-corrected chi connectivity index (χ1v) is 8.15. The minimum atomic E-state index is -0.878. The van der Waals surface area contributed by atoms with Crippen molar-refractivity contribution in [3.05, 3.63) is 64.1 Å². The highest BCUT2D eigenvalue weighted by Crippen LogP contribution is 2.13. The molecule has 0 saturated carbocycles. The molecule has 1 amide bonds. The fourth-order valence-corrected chi connectivity index (χ4v) is 2.20. The molecule has 0 fully saturated rings. The van der Waals surface area contributed by atoms with Crippen LogP contribution < -0.4 is 5.32 Å². The predicted molar refractivity (Wildman–Crippen MR) is 93.5 cm³/mol. The SMILES string of the molecule is CCc1ccc(NC(=O)C(C)OC(=O)c2ccc(Br)cc2)cc1. The van der Waals surface area contributed by atoms with Gasteiger partial charge in [0.15, 0.2) is 6.10 Å². The number of aryl methyl sites for hydroxylation is 1. The van der Waals surface area contributed by atoms with Gasteiger partial charge in [-0.2, -0.15) is 0 Å². The van der Waals surface area contributed by atoms with Crippen LogP contribution in [0.4, 0.5) is 5.69 Å². The third-order valence-corrected chi connectivity index (χ3v) is 3.89. The van der Waals surface area contributed by atoms with Crippen LogP contribution in [-0.2, 0) is 16.0 Å². The van der Waals surface area contributed by atoms with Crippen molar-refractivity contribution in [1.29, 1.82) is 0 Å². The van der Waals surface area contributed by atoms with E-state index in [1.807, 2.05) is 24.3 Å². The van der Waals surface area contributed by atoms with Crippen molar-refractivity contribution in [2.45, 2.75) is 26.4 Å². The van der Waals surface area contributed by atoms with Crippen LogP contribution in [0.3, 0.4) is 0 Å². The molecule has 0 aliphatic rings. The Morgan fingerprint density at radius 2 is 1.70 bits per heavy atom. The number of halogens is 1. The molecule has 1 N–H and O–H groups in total. The lowest BCUT2D eigenvalue weighted by Gasteiger charge is -2.14. The van der Waals surface area contributed by atoms with Gasteiger partial charge >= 0.3 is 5.97 Å². The molecule has 0 aromatic heterocycles. The topological polar surface area (TPSA) is 55.4 Å². The number of nitrogens with one attached hydrogen (secondary N) is 1. The van der Waals surface area contributed by atoms with Gasteiger partial charge in [-0.15, -0.1) is 0 Å². The van der Waals surface area contributed by atoms with Crippen LogP contribution in [0.25, 0.3) is 0 Å². The zero-order chi connectivity index (χ0) is 16.8. The summed E-state index contributed by atoms with van der Waals surface area (Å²) in [7, 11) is 0. The first kappa shape index (κ1) is 17.2. The largest absolute Gasteiger partial charge is 0.449 e. The molecule has 0 heterocycles. The van der Waals surface area contributed by atoms with Crippen LogP contribution in [0.2, 0.25) is 0 Å². The second-order valence-electron chi connectivity index (χ2n) is 5.09. The highest BCUT2D eigenvalue weighted by atomic mass is 79.9. The zero-order valence-electron chi connectivity index (χ0n) is 13.0. The number of carbonyl (C=O) groups excluding carboxylic acids is 2. The number of rotatable bonds is 5. The number of ether oxygens (including phenoxy) is 1. The number of carbonyl (C=O) groups is 2. The molecule has 0 radical (unpaired) electrons. The molecule has 1 atom stereocenters. The summed E-state index contributed by atoms with van der Waals surface area (Å²) in [6, 6.07) is 14.3. The number of anilines is 1. The van der Waals surface area contributed by atoms with Gasteiger partial charge < -0.3 is 10.1 Å². The standard InChI is InChI=1S/C18H18BrNO3/c1-3-13-4-10-16(11-5-13)20-17(21)12(2)23-18(22)14-6-8-15(19)9-7-14/h4-12H,3H2,1-2H3,(H,20,21). The van der Waals surface area contributed by atoms with Gasteiger partial charge in [-0.05, 0) is 55.3 Å². The number of benzene rings is 2. The molecule has 0 spiro atoms. The summed E-state index contributed by atoms with van der Waals surface area (Å²) >= 11 is 3.30. The van der Waals surface area contributed by atoms with Crippen molar-refractivity contribution in [2.75, 3.05) is 5.32 Å². The molecule has 1 unspecified atom stereocenters. The minimum Gasteiger partial charge on any atom is -0.449 e. The zero-order valence-corrected chi connectivity index (χ0v) is 14.6. The molecule has 0 bridgehead atoms. The molecule has 2 aromatic carbocycles. The lowest BCUT2D eigenvalue weighted by molar-refractivity contribution is -0.123. The van der Waals surface area contributed by atoms with Crippen molar-refractivity contribution in [2.24, 2.45) is 0 Å². The van der Waals surface area contributed by atoms with Crippen molar-refractivity contribution < 1.29 is 14.3 Å². The Morgan fingerprint density at radius 3 is 2.26 bits per heavy atom. The summed E-state index contributed by atoms with van der Waals surface area (Å²) in [6.45, 7) is 3.61. The molecule has 0 aliphatic carbocycles. The van der Waals surface area contributed by atoms with E-state index >= 15 is 0 Å². The lowest BCUT2D eigenvalue weighted by atomic mass is 10.1. The van der Waals surface area contributed by atoms with Gasteiger partial charge in [-0.1, -0.05) is 35.0 Å². The van der Waals surface area contributed by atoms with Gasteiger partial charge in [-0.3, -0.25) is 4.79 Å². The van der Waals surface area contributed by atoms with Crippen LogP contribution in [0.15, 0.2) is 53.0 Å². The van der Waals surface area contributed by atoms with Crippen LogP contribution in [0.5, 0.6) is 0 Å². The van der Waals surface area contributed by atoms with E-state index in [0.717, 1.165) is 10.9 Å². The fourth-order valence-electron chi connectivity index (χ4n) is 1.94. The summed E-state index contributed by atoms with van der Waals surface area (Å²) in [5, 5.41) is 2.74. The molecule has 4 nitrogen and oxygen atoms in total. The molecule has 23 heavy (non-hydrogen) atoms. The molecule has 120 valence electrons. The number of hydrogen-bond acceptors (Lipinski definition) is 3. The highest BCUT2D eigenvalue weighted by Gasteiger charge is 2.19. The number of amides is 1. The van der Waals surface area contributed by atoms with E-state index in [-0.39, 0.29) is 5.91 Å². The maximum atomic E-state index is 12.1. The Bertz CT molecular complexity index is 680. The lowest BCUT2D eigenvalue weighted by Crippen LogP contribution is -2.30. The van der Waals surface area contributed by atoms with Crippen molar-refractivity contribution in [3.8, 4) is 0 Å². The maximum absolute atomic E-state index is 12.1.